The molecule has 1 atom stereocenters. The Kier molecular flexibility index (Phi) is 4.60. The highest BCUT2D eigenvalue weighted by molar-refractivity contribution is 6.02. The molecular formula is C12H16N4O3. The predicted octanol–water partition coefficient (Wildman–Crippen LogP) is -0.569. The van der Waals surface area contributed by atoms with Gasteiger partial charge in [-0.15, -0.1) is 0 Å². The summed E-state index contributed by atoms with van der Waals surface area (Å²) in [6.07, 6.45) is 0. The lowest BCUT2D eigenvalue weighted by Crippen LogP contribution is -2.35. The van der Waals surface area contributed by atoms with E-state index in [1.165, 1.54) is 18.2 Å². The monoisotopic (exact) mass is 264 g/mol. The Labute approximate surface area is 110 Å². The summed E-state index contributed by atoms with van der Waals surface area (Å²) in [4.78, 5) is 34.0. The zero-order chi connectivity index (χ0) is 14.6. The van der Waals surface area contributed by atoms with Crippen LogP contribution < -0.4 is 22.1 Å². The molecule has 0 saturated carbocycles. The molecule has 0 aromatic heterocycles. The van der Waals surface area contributed by atoms with Crippen LogP contribution in [0.3, 0.4) is 0 Å². The Morgan fingerprint density at radius 2 is 1.53 bits per heavy atom. The van der Waals surface area contributed by atoms with Gasteiger partial charge in [0.15, 0.2) is 0 Å². The Morgan fingerprint density at radius 3 is 1.89 bits per heavy atom. The predicted molar refractivity (Wildman–Crippen MR) is 70.6 cm³/mol. The van der Waals surface area contributed by atoms with Crippen LogP contribution >= 0.6 is 0 Å². The summed E-state index contributed by atoms with van der Waals surface area (Å²) in [6, 6.07) is 3.63. The first-order valence-electron chi connectivity index (χ1n) is 5.58. The van der Waals surface area contributed by atoms with E-state index in [4.69, 9.17) is 11.5 Å². The number of anilines is 1. The maximum absolute atomic E-state index is 11.7. The Hall–Kier alpha value is -2.41. The molecule has 1 unspecified atom stereocenters. The fraction of sp³-hybridized carbons (Fsp3) is 0.250. The van der Waals surface area contributed by atoms with Crippen molar-refractivity contribution >= 4 is 23.4 Å². The van der Waals surface area contributed by atoms with E-state index in [-0.39, 0.29) is 22.7 Å². The molecule has 3 amide bonds. The number of nitrogens with one attached hydrogen (secondary N) is 2. The molecule has 1 aromatic carbocycles. The molecule has 7 nitrogen and oxygen atoms in total. The van der Waals surface area contributed by atoms with Crippen molar-refractivity contribution in [1.29, 1.82) is 0 Å². The number of amides is 3. The summed E-state index contributed by atoms with van der Waals surface area (Å²) in [5, 5.41) is 5.33. The molecule has 0 radical (unpaired) electrons. The topological polar surface area (TPSA) is 127 Å². The number of likely N-dealkylation sites (N-methyl/N-ethyl adjacent to an activating group) is 1. The highest BCUT2D eigenvalue weighted by Crippen LogP contribution is 2.15. The van der Waals surface area contributed by atoms with Gasteiger partial charge in [0, 0.05) is 16.8 Å². The van der Waals surface area contributed by atoms with Crippen LogP contribution in [0.1, 0.15) is 27.6 Å². The fourth-order valence-electron chi connectivity index (χ4n) is 1.37. The van der Waals surface area contributed by atoms with Gasteiger partial charge in [0.05, 0.1) is 6.04 Å². The van der Waals surface area contributed by atoms with Gasteiger partial charge in [0.2, 0.25) is 17.7 Å². The molecule has 7 heteroatoms. The fourth-order valence-corrected chi connectivity index (χ4v) is 1.37. The molecule has 6 N–H and O–H groups in total. The average molecular weight is 264 g/mol. The van der Waals surface area contributed by atoms with Crippen molar-refractivity contribution in [1.82, 2.24) is 5.32 Å². The van der Waals surface area contributed by atoms with Gasteiger partial charge in [0.1, 0.15) is 0 Å². The van der Waals surface area contributed by atoms with Crippen LogP contribution in [0.4, 0.5) is 5.69 Å². The third-order valence-electron chi connectivity index (χ3n) is 2.60. The highest BCUT2D eigenvalue weighted by Gasteiger charge is 2.13. The molecule has 0 saturated heterocycles. The van der Waals surface area contributed by atoms with Crippen LogP contribution in [0.2, 0.25) is 0 Å². The number of primary amides is 2. The van der Waals surface area contributed by atoms with Crippen molar-refractivity contribution in [2.24, 2.45) is 11.5 Å². The zero-order valence-electron chi connectivity index (χ0n) is 10.7. The van der Waals surface area contributed by atoms with Crippen LogP contribution in [0.5, 0.6) is 0 Å². The molecule has 0 heterocycles. The number of carbonyl (C=O) groups is 3. The summed E-state index contributed by atoms with van der Waals surface area (Å²) >= 11 is 0. The molecule has 0 bridgehead atoms. The Bertz CT molecular complexity index is 495. The van der Waals surface area contributed by atoms with Gasteiger partial charge in [-0.3, -0.25) is 14.4 Å². The quantitative estimate of drug-likeness (QED) is 0.568. The van der Waals surface area contributed by atoms with Crippen molar-refractivity contribution < 1.29 is 14.4 Å². The van der Waals surface area contributed by atoms with Gasteiger partial charge in [-0.1, -0.05) is 0 Å². The molecule has 0 fully saturated rings. The molecule has 19 heavy (non-hydrogen) atoms. The molecule has 0 aliphatic rings. The van der Waals surface area contributed by atoms with E-state index in [1.54, 1.807) is 14.0 Å². The first-order valence-corrected chi connectivity index (χ1v) is 5.58. The van der Waals surface area contributed by atoms with Crippen LogP contribution in [-0.2, 0) is 4.79 Å². The summed E-state index contributed by atoms with van der Waals surface area (Å²) in [7, 11) is 1.64. The molecule has 0 aliphatic heterocycles. The summed E-state index contributed by atoms with van der Waals surface area (Å²) < 4.78 is 0. The Balaban J connectivity index is 3.10. The molecular weight excluding hydrogens is 248 g/mol. The largest absolute Gasteiger partial charge is 0.366 e. The lowest BCUT2D eigenvalue weighted by molar-refractivity contribution is -0.117. The number of hydrogen-bond acceptors (Lipinski definition) is 4. The minimum atomic E-state index is -0.708. The number of benzene rings is 1. The van der Waals surface area contributed by atoms with E-state index in [9.17, 15) is 14.4 Å². The van der Waals surface area contributed by atoms with E-state index in [2.05, 4.69) is 10.6 Å². The van der Waals surface area contributed by atoms with E-state index in [1.807, 2.05) is 0 Å². The van der Waals surface area contributed by atoms with E-state index < -0.39 is 17.9 Å². The first kappa shape index (κ1) is 14.7. The van der Waals surface area contributed by atoms with Crippen molar-refractivity contribution in [2.45, 2.75) is 13.0 Å². The minimum absolute atomic E-state index is 0.101. The second kappa shape index (κ2) is 5.96. The van der Waals surface area contributed by atoms with Crippen molar-refractivity contribution in [3.05, 3.63) is 29.3 Å². The first-order chi connectivity index (χ1) is 8.85. The molecule has 102 valence electrons. The lowest BCUT2D eigenvalue weighted by Gasteiger charge is -2.12. The third-order valence-corrected chi connectivity index (χ3v) is 2.60. The van der Waals surface area contributed by atoms with Crippen molar-refractivity contribution in [3.63, 3.8) is 0 Å². The molecule has 1 aromatic rings. The smallest absolute Gasteiger partial charge is 0.248 e. The van der Waals surface area contributed by atoms with Crippen LogP contribution in [0, 0.1) is 0 Å². The van der Waals surface area contributed by atoms with Gasteiger partial charge in [0.25, 0.3) is 0 Å². The van der Waals surface area contributed by atoms with Gasteiger partial charge in [-0.05, 0) is 32.2 Å². The number of nitrogens with two attached hydrogens (primary N) is 2. The number of hydrogen-bond donors (Lipinski definition) is 4. The maximum atomic E-state index is 11.7. The Morgan fingerprint density at radius 1 is 1.05 bits per heavy atom. The summed E-state index contributed by atoms with van der Waals surface area (Å²) in [6.45, 7) is 1.67. The van der Waals surface area contributed by atoms with Gasteiger partial charge >= 0.3 is 0 Å². The highest BCUT2D eigenvalue weighted by atomic mass is 16.2. The van der Waals surface area contributed by atoms with E-state index >= 15 is 0 Å². The third kappa shape index (κ3) is 3.78. The zero-order valence-corrected chi connectivity index (χ0v) is 10.7. The van der Waals surface area contributed by atoms with Gasteiger partial charge in [-0.2, -0.15) is 0 Å². The normalized spacial score (nSPS) is 11.7. The SMILES string of the molecule is CNC(C)C(=O)Nc1cc(C(N)=O)cc(C(N)=O)c1. The van der Waals surface area contributed by atoms with Crippen molar-refractivity contribution in [3.8, 4) is 0 Å². The van der Waals surface area contributed by atoms with E-state index in [0.29, 0.717) is 0 Å². The molecule has 0 aliphatic carbocycles. The second-order valence-electron chi connectivity index (χ2n) is 4.03. The summed E-state index contributed by atoms with van der Waals surface area (Å²) in [5.41, 5.74) is 10.8. The van der Waals surface area contributed by atoms with Crippen LogP contribution in [-0.4, -0.2) is 30.8 Å². The van der Waals surface area contributed by atoms with Gasteiger partial charge in [-0.25, -0.2) is 0 Å². The van der Waals surface area contributed by atoms with Crippen LogP contribution in [0.25, 0.3) is 0 Å². The average Bonchev–Trinajstić information content (AvgIpc) is 2.37. The maximum Gasteiger partial charge on any atom is 0.248 e. The van der Waals surface area contributed by atoms with Crippen molar-refractivity contribution in [2.75, 3.05) is 12.4 Å². The number of carbonyl (C=O) groups excluding carboxylic acids is 3. The number of rotatable bonds is 5. The second-order valence-corrected chi connectivity index (χ2v) is 4.03. The summed E-state index contributed by atoms with van der Waals surface area (Å²) in [5.74, 6) is -1.72. The molecule has 0 spiro atoms. The minimum Gasteiger partial charge on any atom is -0.366 e. The molecule has 1 rings (SSSR count). The van der Waals surface area contributed by atoms with Gasteiger partial charge < -0.3 is 22.1 Å². The lowest BCUT2D eigenvalue weighted by atomic mass is 10.1. The van der Waals surface area contributed by atoms with Crippen LogP contribution in [0.15, 0.2) is 18.2 Å². The van der Waals surface area contributed by atoms with E-state index in [0.717, 1.165) is 0 Å². The standard InChI is InChI=1S/C12H16N4O3/c1-6(15-2)12(19)16-9-4-7(10(13)17)3-8(5-9)11(14)18/h3-6,15H,1-2H3,(H2,13,17)(H2,14,18)(H,16,19).